The first-order valence-electron chi connectivity index (χ1n) is 19.5. The summed E-state index contributed by atoms with van der Waals surface area (Å²) in [6, 6.07) is 11.1. The number of nitrogens with one attached hydrogen (secondary N) is 1. The molecule has 4 heterocycles. The Balaban J connectivity index is 1.25. The van der Waals surface area contributed by atoms with Gasteiger partial charge in [-0.15, -0.1) is 0 Å². The van der Waals surface area contributed by atoms with Crippen molar-refractivity contribution < 1.29 is 31.1 Å². The Morgan fingerprint density at radius 3 is 2.59 bits per heavy atom. The summed E-state index contributed by atoms with van der Waals surface area (Å²) in [7, 11) is -5.30. The maximum absolute atomic E-state index is 13.6. The van der Waals surface area contributed by atoms with Crippen molar-refractivity contribution in [2.75, 3.05) is 69.3 Å². The molecule has 2 bridgehead atoms. The van der Waals surface area contributed by atoms with Crippen LogP contribution in [0, 0.1) is 17.8 Å². The molecule has 2 aromatic carbocycles. The summed E-state index contributed by atoms with van der Waals surface area (Å²) in [6.07, 6.45) is 9.41. The molecule has 0 aromatic heterocycles. The van der Waals surface area contributed by atoms with Crippen LogP contribution >= 0.6 is 11.6 Å². The first-order chi connectivity index (χ1) is 25.8. The number of rotatable bonds is 3. The van der Waals surface area contributed by atoms with Gasteiger partial charge in [-0.1, -0.05) is 36.7 Å². The summed E-state index contributed by atoms with van der Waals surface area (Å²) in [5.74, 6) is 0.535. The highest BCUT2D eigenvalue weighted by atomic mass is 35.5. The summed E-state index contributed by atoms with van der Waals surface area (Å²) in [5.41, 5.74) is 2.59. The monoisotopic (exact) mass is 802 g/mol. The van der Waals surface area contributed by atoms with Crippen molar-refractivity contribution in [2.45, 2.75) is 75.9 Å². The van der Waals surface area contributed by atoms with Gasteiger partial charge in [0.15, 0.2) is 9.84 Å². The standard InChI is InChI=1S/C40H55ClN4O7S2/c1-28-7-6-15-40(51-3,27-43-17-18-44-19-20-53(47,48)26-35(44)24-43)36-13-10-32(36)23-45-16-5-4-8-30-21-34(41)12-9-33(30)25-52-38-14-11-31(22-37(38)45)39(46)42-54(49,50)29(28)2/h6,9,11-12,14-15,21-22,28-29,32,35-36H,4-5,7-8,10,13,16-20,23-27H2,1-3H3,(H,42,46)/b15-6+/t28-,29+,32-,35+,36+,40-/m0/s1. The van der Waals surface area contributed by atoms with Gasteiger partial charge in [-0.2, -0.15) is 0 Å². The minimum absolute atomic E-state index is 0.0361. The van der Waals surface area contributed by atoms with Crippen molar-refractivity contribution >= 4 is 43.1 Å². The topological polar surface area (TPSA) is 126 Å². The predicted octanol–water partition coefficient (Wildman–Crippen LogP) is 4.93. The van der Waals surface area contributed by atoms with Crippen LogP contribution in [-0.2, 0) is 37.6 Å². The molecule has 1 aliphatic carbocycles. The van der Waals surface area contributed by atoms with Gasteiger partial charge in [0, 0.05) is 69.6 Å². The van der Waals surface area contributed by atoms with Crippen LogP contribution in [0.1, 0.15) is 67.4 Å². The molecule has 6 atom stereocenters. The van der Waals surface area contributed by atoms with E-state index in [-0.39, 0.29) is 40.9 Å². The summed E-state index contributed by atoms with van der Waals surface area (Å²) in [4.78, 5) is 20.6. The Labute approximate surface area is 326 Å². The number of carbonyl (C=O) groups excluding carboxylic acids is 1. The number of fused-ring (bicyclic) bond motifs is 4. The van der Waals surface area contributed by atoms with Gasteiger partial charge in [-0.05, 0) is 105 Å². The molecule has 1 amide bonds. The van der Waals surface area contributed by atoms with Crippen molar-refractivity contribution in [1.29, 1.82) is 0 Å². The van der Waals surface area contributed by atoms with E-state index in [2.05, 4.69) is 31.6 Å². The van der Waals surface area contributed by atoms with E-state index in [1.807, 2.05) is 25.1 Å². The average Bonchev–Trinajstić information content (AvgIpc) is 3.14. The number of sulfonamides is 1. The third-order valence-electron chi connectivity index (χ3n) is 12.8. The molecule has 2 aromatic rings. The third-order valence-corrected chi connectivity index (χ3v) is 16.7. The lowest BCUT2D eigenvalue weighted by Gasteiger charge is -2.53. The molecule has 5 aliphatic rings. The number of allylic oxidation sites excluding steroid dienone is 1. The van der Waals surface area contributed by atoms with E-state index >= 15 is 0 Å². The molecule has 11 nitrogen and oxygen atoms in total. The second kappa shape index (κ2) is 16.1. The number of amides is 1. The lowest BCUT2D eigenvalue weighted by atomic mass is 9.63. The number of hydrogen-bond acceptors (Lipinski definition) is 10. The number of ether oxygens (including phenoxy) is 2. The lowest BCUT2D eigenvalue weighted by Crippen LogP contribution is -2.63. The third kappa shape index (κ3) is 8.51. The molecule has 3 fully saturated rings. The summed E-state index contributed by atoms with van der Waals surface area (Å²) >= 11 is 6.40. The highest BCUT2D eigenvalue weighted by Crippen LogP contribution is 2.47. The van der Waals surface area contributed by atoms with Crippen molar-refractivity contribution in [3.05, 3.63) is 70.3 Å². The molecule has 1 saturated carbocycles. The maximum Gasteiger partial charge on any atom is 0.264 e. The molecule has 4 aliphatic heterocycles. The van der Waals surface area contributed by atoms with Crippen molar-refractivity contribution in [3.63, 3.8) is 0 Å². The number of carbonyl (C=O) groups is 1. The average molecular weight is 803 g/mol. The smallest absolute Gasteiger partial charge is 0.264 e. The zero-order valence-corrected chi connectivity index (χ0v) is 34.1. The van der Waals surface area contributed by atoms with Crippen LogP contribution in [0.5, 0.6) is 5.75 Å². The molecule has 7 rings (SSSR count). The molecule has 14 heteroatoms. The van der Waals surface area contributed by atoms with Gasteiger partial charge >= 0.3 is 0 Å². The Morgan fingerprint density at radius 2 is 1.81 bits per heavy atom. The molecule has 296 valence electrons. The Hall–Kier alpha value is -2.68. The number of halogens is 1. The molecule has 0 spiro atoms. The zero-order valence-electron chi connectivity index (χ0n) is 31.7. The molecular weight excluding hydrogens is 748 g/mol. The minimum Gasteiger partial charge on any atom is -0.487 e. The van der Waals surface area contributed by atoms with Crippen LogP contribution in [0.25, 0.3) is 0 Å². The van der Waals surface area contributed by atoms with Crippen LogP contribution in [0.3, 0.4) is 0 Å². The summed E-state index contributed by atoms with van der Waals surface area (Å²) in [6.45, 7) is 8.83. The second-order valence-electron chi connectivity index (χ2n) is 16.2. The molecule has 0 radical (unpaired) electrons. The van der Waals surface area contributed by atoms with Gasteiger partial charge in [0.2, 0.25) is 10.0 Å². The van der Waals surface area contributed by atoms with Gasteiger partial charge in [0.25, 0.3) is 5.91 Å². The molecule has 54 heavy (non-hydrogen) atoms. The van der Waals surface area contributed by atoms with Crippen LogP contribution in [0.15, 0.2) is 48.6 Å². The van der Waals surface area contributed by atoms with Gasteiger partial charge < -0.3 is 14.4 Å². The Kier molecular flexibility index (Phi) is 11.8. The molecular formula is C40H55ClN4O7S2. The molecule has 0 unspecified atom stereocenters. The normalized spacial score (nSPS) is 32.6. The van der Waals surface area contributed by atoms with Gasteiger partial charge in [-0.3, -0.25) is 14.6 Å². The summed E-state index contributed by atoms with van der Waals surface area (Å²) < 4.78 is 68.0. The summed E-state index contributed by atoms with van der Waals surface area (Å²) in [5, 5.41) is -0.135. The van der Waals surface area contributed by atoms with E-state index in [1.165, 1.54) is 0 Å². The number of hydrogen-bond donors (Lipinski definition) is 1. The minimum atomic E-state index is -4.00. The van der Waals surface area contributed by atoms with Crippen LogP contribution < -0.4 is 14.4 Å². The van der Waals surface area contributed by atoms with Crippen LogP contribution in [0.4, 0.5) is 5.69 Å². The number of methoxy groups -OCH3 is 1. The van der Waals surface area contributed by atoms with Crippen molar-refractivity contribution in [3.8, 4) is 5.75 Å². The van der Waals surface area contributed by atoms with E-state index in [0.717, 1.165) is 68.6 Å². The van der Waals surface area contributed by atoms with Gasteiger partial charge in [0.05, 0.1) is 22.4 Å². The highest BCUT2D eigenvalue weighted by Gasteiger charge is 2.49. The fourth-order valence-electron chi connectivity index (χ4n) is 9.17. The van der Waals surface area contributed by atoms with E-state index in [1.54, 1.807) is 32.2 Å². The van der Waals surface area contributed by atoms with E-state index in [0.29, 0.717) is 50.0 Å². The predicted molar refractivity (Wildman–Crippen MR) is 213 cm³/mol. The van der Waals surface area contributed by atoms with Crippen molar-refractivity contribution in [1.82, 2.24) is 14.5 Å². The van der Waals surface area contributed by atoms with Gasteiger partial charge in [-0.25, -0.2) is 21.6 Å². The van der Waals surface area contributed by atoms with Crippen LogP contribution in [0.2, 0.25) is 5.02 Å². The molecule has 1 N–H and O–H groups in total. The first kappa shape index (κ1) is 39.6. The number of nitrogens with zero attached hydrogens (tertiary/aromatic N) is 3. The Bertz CT molecular complexity index is 1960. The fourth-order valence-corrected chi connectivity index (χ4v) is 12.2. The van der Waals surface area contributed by atoms with E-state index < -0.39 is 36.6 Å². The lowest BCUT2D eigenvalue weighted by molar-refractivity contribution is -0.0980. The van der Waals surface area contributed by atoms with Crippen molar-refractivity contribution in [2.24, 2.45) is 17.8 Å². The number of piperazine rings is 1. The number of aryl methyl sites for hydroxylation is 1. The maximum atomic E-state index is 13.6. The fraction of sp³-hybridized carbons (Fsp3) is 0.625. The number of sulfone groups is 1. The second-order valence-corrected chi connectivity index (χ2v) is 20.9. The zero-order chi connectivity index (χ0) is 38.3. The molecule has 2 saturated heterocycles. The quantitative estimate of drug-likeness (QED) is 0.428. The van der Waals surface area contributed by atoms with E-state index in [9.17, 15) is 21.6 Å². The SMILES string of the molecule is CO[C@]1(CN2CCN3CCS(=O)(=O)C[C@H]3C2)/C=C/C[C@H](C)[C@@H](C)S(=O)(=O)NC(=O)c2ccc3c(c2)N(CCCCc2cc(Cl)ccc2CO3)C[C@@H]2CC[C@H]21. The van der Waals surface area contributed by atoms with Crippen LogP contribution in [-0.4, -0.2) is 114 Å². The Morgan fingerprint density at radius 1 is 0.981 bits per heavy atom. The number of benzene rings is 2. The van der Waals surface area contributed by atoms with Gasteiger partial charge in [0.1, 0.15) is 18.0 Å². The first-order valence-corrected chi connectivity index (χ1v) is 23.2. The van der Waals surface area contributed by atoms with E-state index in [4.69, 9.17) is 21.1 Å². The largest absolute Gasteiger partial charge is 0.487 e. The highest BCUT2D eigenvalue weighted by molar-refractivity contribution is 7.91. The number of anilines is 1.